The third-order valence-electron chi connectivity index (χ3n) is 2.18. The van der Waals surface area contributed by atoms with Crippen LogP contribution in [0.5, 0.6) is 0 Å². The van der Waals surface area contributed by atoms with E-state index >= 15 is 0 Å². The number of hydrogen-bond acceptors (Lipinski definition) is 5. The average Bonchev–Trinajstić information content (AvgIpc) is 2.12. The summed E-state index contributed by atoms with van der Waals surface area (Å²) in [5.74, 6) is 1.64. The van der Waals surface area contributed by atoms with Crippen LogP contribution in [0.2, 0.25) is 0 Å². The number of anilines is 2. The van der Waals surface area contributed by atoms with Crippen molar-refractivity contribution in [1.82, 2.24) is 15.3 Å². The Kier molecular flexibility index (Phi) is 2.49. The Labute approximate surface area is 83.5 Å². The Morgan fingerprint density at radius 1 is 1.50 bits per heavy atom. The summed E-state index contributed by atoms with van der Waals surface area (Å²) in [7, 11) is 3.87. The van der Waals surface area contributed by atoms with Crippen molar-refractivity contribution >= 4 is 11.8 Å². The molecular formula is C9H15N5. The van der Waals surface area contributed by atoms with Crippen LogP contribution in [-0.4, -0.2) is 43.2 Å². The summed E-state index contributed by atoms with van der Waals surface area (Å²) in [5, 5.41) is 6.54. The van der Waals surface area contributed by atoms with E-state index in [4.69, 9.17) is 0 Å². The van der Waals surface area contributed by atoms with Gasteiger partial charge in [0.25, 0.3) is 0 Å². The molecule has 0 saturated carbocycles. The zero-order chi connectivity index (χ0) is 9.97. The van der Waals surface area contributed by atoms with Crippen molar-refractivity contribution < 1.29 is 0 Å². The fraction of sp³-hybridized carbons (Fsp3) is 0.556. The largest absolute Gasteiger partial charge is 0.365 e. The first kappa shape index (κ1) is 9.21. The summed E-state index contributed by atoms with van der Waals surface area (Å²) >= 11 is 0. The Balaban J connectivity index is 2.05. The van der Waals surface area contributed by atoms with E-state index in [0.717, 1.165) is 24.9 Å². The minimum absolute atomic E-state index is 0.514. The molecule has 1 aliphatic heterocycles. The van der Waals surface area contributed by atoms with Crippen LogP contribution in [0.4, 0.5) is 11.8 Å². The van der Waals surface area contributed by atoms with Gasteiger partial charge in [-0.3, -0.25) is 0 Å². The lowest BCUT2D eigenvalue weighted by molar-refractivity contribution is 0.471. The molecule has 0 aliphatic carbocycles. The van der Waals surface area contributed by atoms with Gasteiger partial charge in [0.15, 0.2) is 0 Å². The van der Waals surface area contributed by atoms with E-state index < -0.39 is 0 Å². The molecule has 1 aromatic heterocycles. The Morgan fingerprint density at radius 3 is 2.86 bits per heavy atom. The van der Waals surface area contributed by atoms with Crippen molar-refractivity contribution in [3.63, 3.8) is 0 Å². The topological polar surface area (TPSA) is 53.1 Å². The molecule has 0 radical (unpaired) electrons. The van der Waals surface area contributed by atoms with Gasteiger partial charge in [-0.25, -0.2) is 4.98 Å². The molecule has 2 rings (SSSR count). The number of nitrogens with one attached hydrogen (secondary N) is 2. The second kappa shape index (κ2) is 3.79. The third kappa shape index (κ3) is 1.93. The van der Waals surface area contributed by atoms with Gasteiger partial charge < -0.3 is 15.5 Å². The minimum atomic E-state index is 0.514. The van der Waals surface area contributed by atoms with Gasteiger partial charge in [0, 0.05) is 33.4 Å². The van der Waals surface area contributed by atoms with Gasteiger partial charge in [-0.05, 0) is 6.07 Å². The summed E-state index contributed by atoms with van der Waals surface area (Å²) in [6, 6.07) is 2.41. The summed E-state index contributed by atoms with van der Waals surface area (Å²) < 4.78 is 0. The van der Waals surface area contributed by atoms with Crippen molar-refractivity contribution in [2.24, 2.45) is 0 Å². The molecule has 1 fully saturated rings. The highest BCUT2D eigenvalue weighted by atomic mass is 15.2. The summed E-state index contributed by atoms with van der Waals surface area (Å²) in [5.41, 5.74) is 0. The van der Waals surface area contributed by atoms with Gasteiger partial charge in [-0.2, -0.15) is 4.98 Å². The van der Waals surface area contributed by atoms with Crippen LogP contribution >= 0.6 is 0 Å². The second-order valence-corrected chi connectivity index (χ2v) is 3.64. The van der Waals surface area contributed by atoms with E-state index in [2.05, 4.69) is 20.6 Å². The molecule has 0 bridgehead atoms. The molecule has 5 heteroatoms. The SMILES string of the molecule is CN(C)c1nccc(NC2CNC2)n1. The van der Waals surface area contributed by atoms with Gasteiger partial charge in [-0.1, -0.05) is 0 Å². The lowest BCUT2D eigenvalue weighted by Crippen LogP contribution is -2.51. The number of nitrogens with zero attached hydrogens (tertiary/aromatic N) is 3. The molecule has 76 valence electrons. The maximum Gasteiger partial charge on any atom is 0.226 e. The van der Waals surface area contributed by atoms with Crippen molar-refractivity contribution in [2.45, 2.75) is 6.04 Å². The van der Waals surface area contributed by atoms with Crippen LogP contribution in [0.3, 0.4) is 0 Å². The van der Waals surface area contributed by atoms with E-state index in [0.29, 0.717) is 6.04 Å². The first-order chi connectivity index (χ1) is 6.75. The first-order valence-electron chi connectivity index (χ1n) is 4.73. The highest BCUT2D eigenvalue weighted by Gasteiger charge is 2.16. The molecule has 0 aromatic carbocycles. The smallest absolute Gasteiger partial charge is 0.226 e. The van der Waals surface area contributed by atoms with E-state index in [9.17, 15) is 0 Å². The first-order valence-corrected chi connectivity index (χ1v) is 4.73. The lowest BCUT2D eigenvalue weighted by atomic mass is 10.2. The molecule has 0 unspecified atom stereocenters. The fourth-order valence-corrected chi connectivity index (χ4v) is 1.24. The van der Waals surface area contributed by atoms with Gasteiger partial charge in [0.1, 0.15) is 5.82 Å². The van der Waals surface area contributed by atoms with Crippen LogP contribution in [0.1, 0.15) is 0 Å². The number of aromatic nitrogens is 2. The summed E-state index contributed by atoms with van der Waals surface area (Å²) in [6.07, 6.45) is 1.77. The Bertz CT molecular complexity index is 308. The van der Waals surface area contributed by atoms with Crippen LogP contribution in [0.25, 0.3) is 0 Å². The molecule has 14 heavy (non-hydrogen) atoms. The predicted octanol–water partition coefficient (Wildman–Crippen LogP) is -0.0737. The van der Waals surface area contributed by atoms with Crippen LogP contribution in [0.15, 0.2) is 12.3 Å². The Hall–Kier alpha value is -1.36. The Morgan fingerprint density at radius 2 is 2.29 bits per heavy atom. The highest BCUT2D eigenvalue weighted by Crippen LogP contribution is 2.10. The molecule has 1 aliphatic rings. The van der Waals surface area contributed by atoms with Crippen LogP contribution in [0, 0.1) is 0 Å². The standard InChI is InChI=1S/C9H15N5/c1-14(2)9-11-4-3-8(13-9)12-7-5-10-6-7/h3-4,7,10H,5-6H2,1-2H3,(H,11,12,13). The van der Waals surface area contributed by atoms with Gasteiger partial charge in [0.2, 0.25) is 5.95 Å². The molecule has 2 N–H and O–H groups in total. The summed E-state index contributed by atoms with van der Waals surface area (Å²) in [4.78, 5) is 10.4. The zero-order valence-electron chi connectivity index (χ0n) is 8.49. The van der Waals surface area contributed by atoms with Crippen molar-refractivity contribution in [2.75, 3.05) is 37.4 Å². The van der Waals surface area contributed by atoms with Crippen molar-refractivity contribution in [3.8, 4) is 0 Å². The van der Waals surface area contributed by atoms with E-state index in [1.165, 1.54) is 0 Å². The lowest BCUT2D eigenvalue weighted by Gasteiger charge is -2.28. The molecule has 2 heterocycles. The molecule has 1 aromatic rings. The molecular weight excluding hydrogens is 178 g/mol. The number of hydrogen-bond donors (Lipinski definition) is 2. The van der Waals surface area contributed by atoms with E-state index in [1.54, 1.807) is 6.20 Å². The summed E-state index contributed by atoms with van der Waals surface area (Å²) in [6.45, 7) is 2.03. The third-order valence-corrected chi connectivity index (χ3v) is 2.18. The molecule has 0 spiro atoms. The van der Waals surface area contributed by atoms with Crippen LogP contribution < -0.4 is 15.5 Å². The highest BCUT2D eigenvalue weighted by molar-refractivity contribution is 5.41. The van der Waals surface area contributed by atoms with E-state index in [-0.39, 0.29) is 0 Å². The molecule has 0 atom stereocenters. The van der Waals surface area contributed by atoms with Crippen LogP contribution in [-0.2, 0) is 0 Å². The average molecular weight is 193 g/mol. The van der Waals surface area contributed by atoms with Gasteiger partial charge in [0.05, 0.1) is 6.04 Å². The maximum absolute atomic E-state index is 4.37. The predicted molar refractivity (Wildman–Crippen MR) is 56.6 cm³/mol. The van der Waals surface area contributed by atoms with E-state index in [1.807, 2.05) is 25.1 Å². The van der Waals surface area contributed by atoms with Gasteiger partial charge in [-0.15, -0.1) is 0 Å². The minimum Gasteiger partial charge on any atom is -0.365 e. The number of rotatable bonds is 3. The molecule has 5 nitrogen and oxygen atoms in total. The maximum atomic E-state index is 4.37. The second-order valence-electron chi connectivity index (χ2n) is 3.64. The van der Waals surface area contributed by atoms with Crippen molar-refractivity contribution in [3.05, 3.63) is 12.3 Å². The molecule has 1 saturated heterocycles. The quantitative estimate of drug-likeness (QED) is 0.703. The van der Waals surface area contributed by atoms with Crippen molar-refractivity contribution in [1.29, 1.82) is 0 Å². The normalized spacial score (nSPS) is 16.1. The fourth-order valence-electron chi connectivity index (χ4n) is 1.24. The molecule has 0 amide bonds. The zero-order valence-corrected chi connectivity index (χ0v) is 8.49. The monoisotopic (exact) mass is 193 g/mol. The van der Waals surface area contributed by atoms with Gasteiger partial charge >= 0.3 is 0 Å².